The second-order valence-corrected chi connectivity index (χ2v) is 10.9. The van der Waals surface area contributed by atoms with Crippen LogP contribution in [0, 0.1) is 12.3 Å². The number of carbonyl (C=O) groups is 2. The van der Waals surface area contributed by atoms with Gasteiger partial charge in [0.1, 0.15) is 0 Å². The molecular formula is C27H31N3O3. The van der Waals surface area contributed by atoms with E-state index in [1.165, 1.54) is 4.90 Å². The second kappa shape index (κ2) is 7.58. The first-order chi connectivity index (χ1) is 15.3. The summed E-state index contributed by atoms with van der Waals surface area (Å²) < 4.78 is 0. The number of H-pyrrole nitrogens is 1. The first kappa shape index (κ1) is 22.8. The van der Waals surface area contributed by atoms with Gasteiger partial charge in [0.25, 0.3) is 5.91 Å². The normalized spacial score (nSPS) is 17.4. The molecule has 1 aromatic heterocycles. The Morgan fingerprint density at radius 2 is 1.67 bits per heavy atom. The maximum absolute atomic E-state index is 13.4. The van der Waals surface area contributed by atoms with Gasteiger partial charge in [-0.05, 0) is 41.2 Å². The second-order valence-electron chi connectivity index (χ2n) is 10.9. The number of hydrogen-bond donors (Lipinski definition) is 2. The molecule has 0 saturated heterocycles. The Bertz CT molecular complexity index is 1280. The van der Waals surface area contributed by atoms with E-state index in [2.05, 4.69) is 30.7 Å². The monoisotopic (exact) mass is 445 g/mol. The van der Waals surface area contributed by atoms with E-state index >= 15 is 0 Å². The van der Waals surface area contributed by atoms with Crippen LogP contribution in [0.2, 0.25) is 0 Å². The lowest BCUT2D eigenvalue weighted by atomic mass is 9.81. The molecule has 0 aliphatic carbocycles. The molecule has 1 atom stereocenters. The molecule has 0 radical (unpaired) electrons. The SMILES string of the molecule is Cc1ccc2nc(N3C(=O)C(O)=C(C(=O)C(C)(C)C)C3c3ccc(C(C)(C)C)cc3)[nH]c2c1. The van der Waals surface area contributed by atoms with Gasteiger partial charge in [0.2, 0.25) is 5.95 Å². The molecule has 172 valence electrons. The van der Waals surface area contributed by atoms with Crippen molar-refractivity contribution in [2.45, 2.75) is 59.9 Å². The fraction of sp³-hybridized carbons (Fsp3) is 0.370. The fourth-order valence-corrected chi connectivity index (χ4v) is 4.16. The van der Waals surface area contributed by atoms with Crippen LogP contribution in [0.25, 0.3) is 11.0 Å². The standard InChI is InChI=1S/C27H31N3O3/c1-15-8-13-18-19(14-15)29-25(28-18)30-21(16-9-11-17(12-10-16)26(2,3)4)20(22(31)24(30)33)23(32)27(5,6)7/h8-14,21,31H,1-7H3,(H,28,29). The zero-order valence-electron chi connectivity index (χ0n) is 20.3. The van der Waals surface area contributed by atoms with Crippen LogP contribution < -0.4 is 4.90 Å². The third kappa shape index (κ3) is 3.94. The summed E-state index contributed by atoms with van der Waals surface area (Å²) in [6.07, 6.45) is 0. The van der Waals surface area contributed by atoms with E-state index in [0.29, 0.717) is 11.5 Å². The number of ketones is 1. The van der Waals surface area contributed by atoms with E-state index in [1.807, 2.05) is 49.4 Å². The Morgan fingerprint density at radius 3 is 2.24 bits per heavy atom. The molecular weight excluding hydrogens is 414 g/mol. The first-order valence-corrected chi connectivity index (χ1v) is 11.2. The number of hydrogen-bond acceptors (Lipinski definition) is 4. The van der Waals surface area contributed by atoms with Crippen LogP contribution >= 0.6 is 0 Å². The van der Waals surface area contributed by atoms with Crippen LogP contribution in [0.15, 0.2) is 53.8 Å². The van der Waals surface area contributed by atoms with Crippen molar-refractivity contribution in [2.24, 2.45) is 5.41 Å². The summed E-state index contributed by atoms with van der Waals surface area (Å²) >= 11 is 0. The number of anilines is 1. The van der Waals surface area contributed by atoms with Gasteiger partial charge in [0.15, 0.2) is 11.5 Å². The third-order valence-corrected chi connectivity index (χ3v) is 6.08. The Hall–Kier alpha value is -3.41. The first-order valence-electron chi connectivity index (χ1n) is 11.2. The molecule has 2 N–H and O–H groups in total. The quantitative estimate of drug-likeness (QED) is 0.543. The number of Topliss-reactive ketones (excluding diaryl/α,β-unsaturated/α-hetero) is 1. The zero-order chi connectivity index (χ0) is 24.3. The van der Waals surface area contributed by atoms with Gasteiger partial charge < -0.3 is 10.1 Å². The largest absolute Gasteiger partial charge is 0.503 e. The maximum Gasteiger partial charge on any atom is 0.296 e. The van der Waals surface area contributed by atoms with E-state index in [-0.39, 0.29) is 16.8 Å². The number of nitrogens with one attached hydrogen (secondary N) is 1. The van der Waals surface area contributed by atoms with Gasteiger partial charge in [-0.15, -0.1) is 0 Å². The number of imidazole rings is 1. The number of aliphatic hydroxyl groups excluding tert-OH is 1. The average molecular weight is 446 g/mol. The zero-order valence-corrected chi connectivity index (χ0v) is 20.3. The number of benzene rings is 2. The van der Waals surface area contributed by atoms with Gasteiger partial charge >= 0.3 is 0 Å². The van der Waals surface area contributed by atoms with Crippen molar-refractivity contribution in [1.82, 2.24) is 9.97 Å². The highest BCUT2D eigenvalue weighted by atomic mass is 16.3. The summed E-state index contributed by atoms with van der Waals surface area (Å²) in [5, 5.41) is 10.9. The van der Waals surface area contributed by atoms with E-state index < -0.39 is 23.1 Å². The predicted octanol–water partition coefficient (Wildman–Crippen LogP) is 5.68. The number of fused-ring (bicyclic) bond motifs is 1. The van der Waals surface area contributed by atoms with Crippen molar-refractivity contribution >= 4 is 28.7 Å². The Balaban J connectivity index is 1.89. The Labute approximate surface area is 194 Å². The van der Waals surface area contributed by atoms with E-state index in [4.69, 9.17) is 0 Å². The molecule has 33 heavy (non-hydrogen) atoms. The number of aryl methyl sites for hydroxylation is 1. The molecule has 1 aliphatic heterocycles. The minimum atomic E-state index is -0.778. The van der Waals surface area contributed by atoms with Crippen LogP contribution in [0.1, 0.15) is 64.3 Å². The van der Waals surface area contributed by atoms with Crippen LogP contribution in [0.4, 0.5) is 5.95 Å². The molecule has 0 saturated carbocycles. The van der Waals surface area contributed by atoms with Crippen LogP contribution in [-0.2, 0) is 15.0 Å². The molecule has 1 aliphatic rings. The highest BCUT2D eigenvalue weighted by Gasteiger charge is 2.47. The molecule has 0 fully saturated rings. The molecule has 2 heterocycles. The minimum Gasteiger partial charge on any atom is -0.503 e. The van der Waals surface area contributed by atoms with E-state index in [0.717, 1.165) is 22.2 Å². The number of aromatic amines is 1. The van der Waals surface area contributed by atoms with E-state index in [1.54, 1.807) is 20.8 Å². The summed E-state index contributed by atoms with van der Waals surface area (Å²) in [6, 6.07) is 12.9. The number of amides is 1. The van der Waals surface area contributed by atoms with Crippen molar-refractivity contribution in [1.29, 1.82) is 0 Å². The molecule has 3 aromatic rings. The summed E-state index contributed by atoms with van der Waals surface area (Å²) in [7, 11) is 0. The van der Waals surface area contributed by atoms with Gasteiger partial charge in [-0.25, -0.2) is 4.98 Å². The Morgan fingerprint density at radius 1 is 1.03 bits per heavy atom. The lowest BCUT2D eigenvalue weighted by molar-refractivity contribution is -0.123. The molecule has 6 heteroatoms. The van der Waals surface area contributed by atoms with Gasteiger partial charge in [0.05, 0.1) is 22.6 Å². The van der Waals surface area contributed by atoms with Crippen molar-refractivity contribution in [2.75, 3.05) is 4.90 Å². The molecule has 1 amide bonds. The number of carbonyl (C=O) groups excluding carboxylic acids is 2. The maximum atomic E-state index is 13.4. The molecule has 2 aromatic carbocycles. The predicted molar refractivity (Wildman–Crippen MR) is 130 cm³/mol. The number of rotatable bonds is 3. The van der Waals surface area contributed by atoms with Gasteiger partial charge in [-0.2, -0.15) is 0 Å². The van der Waals surface area contributed by atoms with Gasteiger partial charge in [-0.3, -0.25) is 14.5 Å². The number of nitrogens with zero attached hydrogens (tertiary/aromatic N) is 2. The summed E-state index contributed by atoms with van der Waals surface area (Å²) in [5.74, 6) is -1.12. The Kier molecular flexibility index (Phi) is 5.23. The smallest absolute Gasteiger partial charge is 0.296 e. The average Bonchev–Trinajstić information content (AvgIpc) is 3.24. The highest BCUT2D eigenvalue weighted by Crippen LogP contribution is 2.43. The van der Waals surface area contributed by atoms with Gasteiger partial charge in [-0.1, -0.05) is 71.9 Å². The molecule has 0 spiro atoms. The number of aliphatic hydroxyl groups is 1. The summed E-state index contributed by atoms with van der Waals surface area (Å²) in [5.41, 5.74) is 3.73. The van der Waals surface area contributed by atoms with Crippen molar-refractivity contribution in [3.63, 3.8) is 0 Å². The molecule has 0 bridgehead atoms. The van der Waals surface area contributed by atoms with E-state index in [9.17, 15) is 14.7 Å². The summed E-state index contributed by atoms with van der Waals surface area (Å²) in [4.78, 5) is 35.9. The lowest BCUT2D eigenvalue weighted by Gasteiger charge is -2.28. The minimum absolute atomic E-state index is 0.0393. The highest BCUT2D eigenvalue weighted by molar-refractivity contribution is 6.17. The number of aromatic nitrogens is 2. The molecule has 4 rings (SSSR count). The fourth-order valence-electron chi connectivity index (χ4n) is 4.16. The van der Waals surface area contributed by atoms with Crippen LogP contribution in [0.5, 0.6) is 0 Å². The van der Waals surface area contributed by atoms with Crippen molar-refractivity contribution in [3.05, 3.63) is 70.5 Å². The molecule has 1 unspecified atom stereocenters. The van der Waals surface area contributed by atoms with Crippen LogP contribution in [-0.4, -0.2) is 26.8 Å². The van der Waals surface area contributed by atoms with Gasteiger partial charge in [0, 0.05) is 5.41 Å². The lowest BCUT2D eigenvalue weighted by Crippen LogP contribution is -2.33. The molecule has 6 nitrogen and oxygen atoms in total. The third-order valence-electron chi connectivity index (χ3n) is 6.08. The van der Waals surface area contributed by atoms with Crippen LogP contribution in [0.3, 0.4) is 0 Å². The topological polar surface area (TPSA) is 86.3 Å². The summed E-state index contributed by atoms with van der Waals surface area (Å²) in [6.45, 7) is 13.7. The van der Waals surface area contributed by atoms with Crippen molar-refractivity contribution in [3.8, 4) is 0 Å². The van der Waals surface area contributed by atoms with Crippen molar-refractivity contribution < 1.29 is 14.7 Å².